The zero-order valence-electron chi connectivity index (χ0n) is 17.4. The average molecular weight is 415 g/mol. The molecule has 0 saturated heterocycles. The van der Waals surface area contributed by atoms with Crippen molar-refractivity contribution >= 4 is 29.1 Å². The van der Waals surface area contributed by atoms with Crippen LogP contribution in [-0.4, -0.2) is 17.7 Å². The van der Waals surface area contributed by atoms with Crippen LogP contribution in [0, 0.1) is 0 Å². The van der Waals surface area contributed by atoms with Crippen LogP contribution in [0.25, 0.3) is 0 Å². The fourth-order valence-corrected chi connectivity index (χ4v) is 3.01. The number of anilines is 2. The van der Waals surface area contributed by atoms with Gasteiger partial charge in [0.1, 0.15) is 0 Å². The van der Waals surface area contributed by atoms with Crippen LogP contribution in [0.5, 0.6) is 0 Å². The Balaban J connectivity index is 1.61. The van der Waals surface area contributed by atoms with Crippen LogP contribution in [0.3, 0.4) is 0 Å². The zero-order chi connectivity index (χ0) is 22.1. The quantitative estimate of drug-likeness (QED) is 0.502. The number of nitrogens with one attached hydrogen (secondary N) is 3. The Morgan fingerprint density at radius 3 is 2.13 bits per heavy atom. The van der Waals surface area contributed by atoms with E-state index < -0.39 is 0 Å². The number of hydrogen-bond donors (Lipinski definition) is 3. The minimum Gasteiger partial charge on any atom is -0.348 e. The molecule has 158 valence electrons. The van der Waals surface area contributed by atoms with Gasteiger partial charge in [-0.25, -0.2) is 0 Å². The van der Waals surface area contributed by atoms with Gasteiger partial charge in [-0.05, 0) is 48.4 Å². The largest absolute Gasteiger partial charge is 0.348 e. The molecule has 0 aliphatic rings. The SMILES string of the molecule is CCCC(=O)Nc1ccc(CNC(=O)c2ccccc2NC(=O)c2ccccc2)cc1. The summed E-state index contributed by atoms with van der Waals surface area (Å²) < 4.78 is 0. The Morgan fingerprint density at radius 1 is 0.742 bits per heavy atom. The number of carbonyl (C=O) groups excluding carboxylic acids is 3. The van der Waals surface area contributed by atoms with E-state index in [0.717, 1.165) is 17.7 Å². The average Bonchev–Trinajstić information content (AvgIpc) is 2.79. The van der Waals surface area contributed by atoms with Crippen molar-refractivity contribution in [2.24, 2.45) is 0 Å². The van der Waals surface area contributed by atoms with Crippen molar-refractivity contribution in [3.63, 3.8) is 0 Å². The Labute approximate surface area is 181 Å². The van der Waals surface area contributed by atoms with Gasteiger partial charge in [0.15, 0.2) is 0 Å². The molecule has 3 amide bonds. The lowest BCUT2D eigenvalue weighted by molar-refractivity contribution is -0.116. The summed E-state index contributed by atoms with van der Waals surface area (Å²) in [7, 11) is 0. The molecule has 0 aliphatic heterocycles. The summed E-state index contributed by atoms with van der Waals surface area (Å²) in [5.41, 5.74) is 2.97. The van der Waals surface area contributed by atoms with Crippen LogP contribution in [0.15, 0.2) is 78.9 Å². The van der Waals surface area contributed by atoms with E-state index in [1.54, 1.807) is 48.5 Å². The maximum absolute atomic E-state index is 12.7. The van der Waals surface area contributed by atoms with Crippen molar-refractivity contribution in [3.05, 3.63) is 95.6 Å². The number of rotatable bonds is 8. The molecule has 0 saturated carbocycles. The van der Waals surface area contributed by atoms with Crippen molar-refractivity contribution in [2.45, 2.75) is 26.3 Å². The molecular formula is C25H25N3O3. The molecule has 0 spiro atoms. The monoisotopic (exact) mass is 415 g/mol. The van der Waals surface area contributed by atoms with Gasteiger partial charge in [-0.1, -0.05) is 49.4 Å². The minimum absolute atomic E-state index is 0.0160. The van der Waals surface area contributed by atoms with Gasteiger partial charge < -0.3 is 16.0 Å². The summed E-state index contributed by atoms with van der Waals surface area (Å²) in [4.78, 5) is 36.8. The van der Waals surface area contributed by atoms with Crippen LogP contribution in [-0.2, 0) is 11.3 Å². The first-order valence-electron chi connectivity index (χ1n) is 10.2. The van der Waals surface area contributed by atoms with Gasteiger partial charge in [-0.2, -0.15) is 0 Å². The molecule has 0 radical (unpaired) electrons. The van der Waals surface area contributed by atoms with Crippen LogP contribution >= 0.6 is 0 Å². The van der Waals surface area contributed by atoms with Gasteiger partial charge in [0.2, 0.25) is 5.91 Å². The summed E-state index contributed by atoms with van der Waals surface area (Å²) in [5, 5.41) is 8.51. The van der Waals surface area contributed by atoms with E-state index >= 15 is 0 Å². The molecular weight excluding hydrogens is 390 g/mol. The highest BCUT2D eigenvalue weighted by Gasteiger charge is 2.14. The fraction of sp³-hybridized carbons (Fsp3) is 0.160. The number of benzene rings is 3. The van der Waals surface area contributed by atoms with E-state index in [2.05, 4.69) is 16.0 Å². The van der Waals surface area contributed by atoms with Crippen molar-refractivity contribution in [1.82, 2.24) is 5.32 Å². The highest BCUT2D eigenvalue weighted by Crippen LogP contribution is 2.17. The number of para-hydroxylation sites is 1. The standard InChI is InChI=1S/C25H25N3O3/c1-2-8-23(29)27-20-15-13-18(14-16-20)17-26-25(31)21-11-6-7-12-22(21)28-24(30)19-9-4-3-5-10-19/h3-7,9-16H,2,8,17H2,1H3,(H,26,31)(H,27,29)(H,28,30). The predicted molar refractivity (Wildman–Crippen MR) is 122 cm³/mol. The zero-order valence-corrected chi connectivity index (χ0v) is 17.4. The van der Waals surface area contributed by atoms with Gasteiger partial charge in [0.25, 0.3) is 11.8 Å². The van der Waals surface area contributed by atoms with Crippen molar-refractivity contribution in [1.29, 1.82) is 0 Å². The second-order valence-electron chi connectivity index (χ2n) is 7.04. The van der Waals surface area contributed by atoms with Gasteiger partial charge in [0.05, 0.1) is 11.3 Å². The number of hydrogen-bond acceptors (Lipinski definition) is 3. The van der Waals surface area contributed by atoms with Crippen LogP contribution in [0.1, 0.15) is 46.0 Å². The lowest BCUT2D eigenvalue weighted by atomic mass is 10.1. The van der Waals surface area contributed by atoms with E-state index in [1.165, 1.54) is 0 Å². The second-order valence-corrected chi connectivity index (χ2v) is 7.04. The van der Waals surface area contributed by atoms with E-state index in [9.17, 15) is 14.4 Å². The van der Waals surface area contributed by atoms with E-state index in [-0.39, 0.29) is 17.7 Å². The first kappa shape index (κ1) is 21.8. The molecule has 3 aromatic carbocycles. The predicted octanol–water partition coefficient (Wildman–Crippen LogP) is 4.61. The number of amides is 3. The first-order valence-corrected chi connectivity index (χ1v) is 10.2. The fourth-order valence-electron chi connectivity index (χ4n) is 3.01. The summed E-state index contributed by atoms with van der Waals surface area (Å²) >= 11 is 0. The Bertz CT molecular complexity index is 1050. The van der Waals surface area contributed by atoms with Gasteiger partial charge in [-0.15, -0.1) is 0 Å². The second kappa shape index (κ2) is 10.7. The Kier molecular flexibility index (Phi) is 7.54. The lowest BCUT2D eigenvalue weighted by Gasteiger charge is -2.12. The minimum atomic E-state index is -0.288. The van der Waals surface area contributed by atoms with Gasteiger partial charge in [-0.3, -0.25) is 14.4 Å². The molecule has 0 unspecified atom stereocenters. The molecule has 0 fully saturated rings. The molecule has 6 heteroatoms. The van der Waals surface area contributed by atoms with Crippen LogP contribution in [0.2, 0.25) is 0 Å². The van der Waals surface area contributed by atoms with Crippen molar-refractivity contribution in [3.8, 4) is 0 Å². The third-order valence-corrected chi connectivity index (χ3v) is 4.62. The highest BCUT2D eigenvalue weighted by atomic mass is 16.2. The molecule has 3 N–H and O–H groups in total. The molecule has 0 atom stereocenters. The summed E-state index contributed by atoms with van der Waals surface area (Å²) in [6.45, 7) is 2.28. The van der Waals surface area contributed by atoms with Crippen molar-refractivity contribution in [2.75, 3.05) is 10.6 Å². The highest BCUT2D eigenvalue weighted by molar-refractivity contribution is 6.09. The molecule has 0 heterocycles. The van der Waals surface area contributed by atoms with Crippen molar-refractivity contribution < 1.29 is 14.4 Å². The van der Waals surface area contributed by atoms with Gasteiger partial charge in [0, 0.05) is 24.2 Å². The molecule has 3 aromatic rings. The molecule has 0 aliphatic carbocycles. The number of carbonyl (C=O) groups is 3. The third kappa shape index (κ3) is 6.27. The lowest BCUT2D eigenvalue weighted by Crippen LogP contribution is -2.25. The molecule has 3 rings (SSSR count). The normalized spacial score (nSPS) is 10.2. The Hall–Kier alpha value is -3.93. The Morgan fingerprint density at radius 2 is 1.42 bits per heavy atom. The first-order chi connectivity index (χ1) is 15.1. The van der Waals surface area contributed by atoms with E-state index in [4.69, 9.17) is 0 Å². The van der Waals surface area contributed by atoms with Crippen LogP contribution in [0.4, 0.5) is 11.4 Å². The molecule has 31 heavy (non-hydrogen) atoms. The third-order valence-electron chi connectivity index (χ3n) is 4.62. The molecule has 0 aromatic heterocycles. The summed E-state index contributed by atoms with van der Waals surface area (Å²) in [5.74, 6) is -0.580. The summed E-state index contributed by atoms with van der Waals surface area (Å²) in [6, 6.07) is 23.0. The maximum Gasteiger partial charge on any atom is 0.255 e. The summed E-state index contributed by atoms with van der Waals surface area (Å²) in [6.07, 6.45) is 1.28. The van der Waals surface area contributed by atoms with Gasteiger partial charge >= 0.3 is 0 Å². The van der Waals surface area contributed by atoms with E-state index in [1.807, 2.05) is 37.3 Å². The smallest absolute Gasteiger partial charge is 0.255 e. The van der Waals surface area contributed by atoms with E-state index in [0.29, 0.717) is 29.8 Å². The molecule has 0 bridgehead atoms. The maximum atomic E-state index is 12.7. The topological polar surface area (TPSA) is 87.3 Å². The van der Waals surface area contributed by atoms with Crippen LogP contribution < -0.4 is 16.0 Å². The molecule has 6 nitrogen and oxygen atoms in total.